The van der Waals surface area contributed by atoms with E-state index in [0.29, 0.717) is 6.54 Å². The maximum absolute atomic E-state index is 11.1. The molecule has 0 saturated heterocycles. The fourth-order valence-electron chi connectivity index (χ4n) is 0.807. The molecule has 0 spiro atoms. The molecule has 0 radical (unpaired) electrons. The molecule has 0 saturated carbocycles. The predicted molar refractivity (Wildman–Crippen MR) is 52.3 cm³/mol. The molecule has 72 valence electrons. The maximum atomic E-state index is 11.1. The summed E-state index contributed by atoms with van der Waals surface area (Å²) in [5.74, 6) is -0.146. The number of nitrogens with one attached hydrogen (secondary N) is 1. The van der Waals surface area contributed by atoms with Crippen molar-refractivity contribution in [1.82, 2.24) is 10.3 Å². The van der Waals surface area contributed by atoms with Gasteiger partial charge in [0.25, 0.3) is 0 Å². The molecule has 3 N–H and O–H groups in total. The van der Waals surface area contributed by atoms with E-state index in [1.54, 1.807) is 24.5 Å². The summed E-state index contributed by atoms with van der Waals surface area (Å²) in [6.07, 6.45) is 1.79. The Morgan fingerprint density at radius 3 is 3.00 bits per heavy atom. The average molecular weight is 199 g/mol. The third kappa shape index (κ3) is 3.12. The van der Waals surface area contributed by atoms with Crippen molar-refractivity contribution in [3.63, 3.8) is 0 Å². The first kappa shape index (κ1) is 10.1. The van der Waals surface area contributed by atoms with Crippen LogP contribution in [0.25, 0.3) is 0 Å². The summed E-state index contributed by atoms with van der Waals surface area (Å²) in [6, 6.07) is -0.457. The van der Waals surface area contributed by atoms with Crippen LogP contribution in [0, 0.1) is 6.92 Å². The van der Waals surface area contributed by atoms with Crippen molar-refractivity contribution in [3.05, 3.63) is 16.1 Å². The number of nitrogens with two attached hydrogens (primary N) is 1. The summed E-state index contributed by atoms with van der Waals surface area (Å²) < 4.78 is 0. The van der Waals surface area contributed by atoms with Gasteiger partial charge in [-0.05, 0) is 13.8 Å². The molecular weight excluding hydrogens is 186 g/mol. The SMILES string of the molecule is Cc1cnc(CNC(=O)[C@H](C)N)s1. The van der Waals surface area contributed by atoms with Crippen LogP contribution in [0.1, 0.15) is 16.8 Å². The van der Waals surface area contributed by atoms with E-state index in [1.807, 2.05) is 6.92 Å². The van der Waals surface area contributed by atoms with Gasteiger partial charge in [0.15, 0.2) is 0 Å². The number of carbonyl (C=O) groups is 1. The van der Waals surface area contributed by atoms with Crippen LogP contribution < -0.4 is 11.1 Å². The first-order chi connectivity index (χ1) is 6.09. The molecule has 1 heterocycles. The van der Waals surface area contributed by atoms with Crippen molar-refractivity contribution in [1.29, 1.82) is 0 Å². The van der Waals surface area contributed by atoms with E-state index in [4.69, 9.17) is 5.73 Å². The molecule has 1 aromatic rings. The molecule has 4 nitrogen and oxygen atoms in total. The molecule has 0 aromatic carbocycles. The lowest BCUT2D eigenvalue weighted by molar-refractivity contribution is -0.122. The number of thiazole rings is 1. The summed E-state index contributed by atoms with van der Waals surface area (Å²) >= 11 is 1.57. The second-order valence-electron chi connectivity index (χ2n) is 2.87. The van der Waals surface area contributed by atoms with Crippen LogP contribution in [-0.2, 0) is 11.3 Å². The number of carbonyl (C=O) groups excluding carboxylic acids is 1. The molecule has 0 unspecified atom stereocenters. The summed E-state index contributed by atoms with van der Waals surface area (Å²) in [5.41, 5.74) is 5.38. The number of nitrogens with zero attached hydrogens (tertiary/aromatic N) is 1. The Bertz CT molecular complexity index is 295. The molecule has 0 aliphatic rings. The van der Waals surface area contributed by atoms with Gasteiger partial charge in [0.2, 0.25) is 5.91 Å². The number of aromatic nitrogens is 1. The highest BCUT2D eigenvalue weighted by atomic mass is 32.1. The van der Waals surface area contributed by atoms with Crippen molar-refractivity contribution in [2.24, 2.45) is 5.73 Å². The van der Waals surface area contributed by atoms with Crippen LogP contribution in [0.4, 0.5) is 0 Å². The minimum Gasteiger partial charge on any atom is -0.348 e. The van der Waals surface area contributed by atoms with E-state index in [1.165, 1.54) is 0 Å². The van der Waals surface area contributed by atoms with Gasteiger partial charge in [-0.1, -0.05) is 0 Å². The third-order valence-corrected chi connectivity index (χ3v) is 2.41. The van der Waals surface area contributed by atoms with Crippen molar-refractivity contribution in [2.75, 3.05) is 0 Å². The third-order valence-electron chi connectivity index (χ3n) is 1.50. The monoisotopic (exact) mass is 199 g/mol. The zero-order valence-electron chi connectivity index (χ0n) is 7.70. The molecule has 1 atom stereocenters. The van der Waals surface area contributed by atoms with E-state index in [-0.39, 0.29) is 5.91 Å². The maximum Gasteiger partial charge on any atom is 0.236 e. The largest absolute Gasteiger partial charge is 0.348 e. The van der Waals surface area contributed by atoms with Crippen LogP contribution in [-0.4, -0.2) is 16.9 Å². The second kappa shape index (κ2) is 4.34. The normalized spacial score (nSPS) is 12.5. The highest BCUT2D eigenvalue weighted by molar-refractivity contribution is 7.11. The Hall–Kier alpha value is -0.940. The zero-order valence-corrected chi connectivity index (χ0v) is 8.52. The fourth-order valence-corrected chi connectivity index (χ4v) is 1.53. The Balaban J connectivity index is 2.39. The van der Waals surface area contributed by atoms with E-state index in [2.05, 4.69) is 10.3 Å². The molecule has 1 rings (SSSR count). The molecule has 0 aliphatic carbocycles. The highest BCUT2D eigenvalue weighted by Gasteiger charge is 2.07. The average Bonchev–Trinajstić information content (AvgIpc) is 2.47. The predicted octanol–water partition coefficient (Wildman–Crippen LogP) is 0.415. The van der Waals surface area contributed by atoms with Gasteiger partial charge in [-0.25, -0.2) is 4.98 Å². The van der Waals surface area contributed by atoms with Crippen molar-refractivity contribution >= 4 is 17.2 Å². The molecule has 1 amide bonds. The molecule has 13 heavy (non-hydrogen) atoms. The van der Waals surface area contributed by atoms with Gasteiger partial charge in [0, 0.05) is 11.1 Å². The van der Waals surface area contributed by atoms with E-state index in [0.717, 1.165) is 9.88 Å². The lowest BCUT2D eigenvalue weighted by atomic mass is 10.3. The van der Waals surface area contributed by atoms with Crippen LogP contribution in [0.15, 0.2) is 6.20 Å². The van der Waals surface area contributed by atoms with Gasteiger partial charge in [-0.2, -0.15) is 0 Å². The van der Waals surface area contributed by atoms with Gasteiger partial charge in [-0.15, -0.1) is 11.3 Å². The van der Waals surface area contributed by atoms with Gasteiger partial charge < -0.3 is 11.1 Å². The van der Waals surface area contributed by atoms with Gasteiger partial charge >= 0.3 is 0 Å². The topological polar surface area (TPSA) is 68.0 Å². The Kier molecular flexibility index (Phi) is 3.39. The van der Waals surface area contributed by atoms with Crippen molar-refractivity contribution in [2.45, 2.75) is 26.4 Å². The zero-order chi connectivity index (χ0) is 9.84. The van der Waals surface area contributed by atoms with Gasteiger partial charge in [-0.3, -0.25) is 4.79 Å². The highest BCUT2D eigenvalue weighted by Crippen LogP contribution is 2.10. The number of amides is 1. The summed E-state index contributed by atoms with van der Waals surface area (Å²) in [6.45, 7) is 4.11. The number of aryl methyl sites for hydroxylation is 1. The minimum absolute atomic E-state index is 0.146. The first-order valence-electron chi connectivity index (χ1n) is 4.04. The van der Waals surface area contributed by atoms with Gasteiger partial charge in [0.05, 0.1) is 12.6 Å². The van der Waals surface area contributed by atoms with Crippen LogP contribution in [0.5, 0.6) is 0 Å². The Morgan fingerprint density at radius 1 is 1.85 bits per heavy atom. The Labute approximate surface area is 81.2 Å². The van der Waals surface area contributed by atoms with Gasteiger partial charge in [0.1, 0.15) is 5.01 Å². The molecule has 1 aromatic heterocycles. The molecule has 0 bridgehead atoms. The summed E-state index contributed by atoms with van der Waals surface area (Å²) in [4.78, 5) is 16.3. The smallest absolute Gasteiger partial charge is 0.236 e. The number of rotatable bonds is 3. The Morgan fingerprint density at radius 2 is 2.54 bits per heavy atom. The van der Waals surface area contributed by atoms with E-state index in [9.17, 15) is 4.79 Å². The van der Waals surface area contributed by atoms with Crippen LogP contribution >= 0.6 is 11.3 Å². The van der Waals surface area contributed by atoms with Crippen LogP contribution in [0.3, 0.4) is 0 Å². The van der Waals surface area contributed by atoms with E-state index >= 15 is 0 Å². The number of hydrogen-bond donors (Lipinski definition) is 2. The first-order valence-corrected chi connectivity index (χ1v) is 4.86. The quantitative estimate of drug-likeness (QED) is 0.741. The molecule has 0 fully saturated rings. The number of hydrogen-bond acceptors (Lipinski definition) is 4. The van der Waals surface area contributed by atoms with Crippen LogP contribution in [0.2, 0.25) is 0 Å². The minimum atomic E-state index is -0.457. The summed E-state index contributed by atoms with van der Waals surface area (Å²) in [7, 11) is 0. The molecule has 5 heteroatoms. The lowest BCUT2D eigenvalue weighted by Gasteiger charge is -2.04. The second-order valence-corrected chi connectivity index (χ2v) is 4.19. The lowest BCUT2D eigenvalue weighted by Crippen LogP contribution is -2.37. The molecular formula is C8H13N3OS. The van der Waals surface area contributed by atoms with E-state index < -0.39 is 6.04 Å². The fraction of sp³-hybridized carbons (Fsp3) is 0.500. The van der Waals surface area contributed by atoms with Crippen molar-refractivity contribution in [3.8, 4) is 0 Å². The van der Waals surface area contributed by atoms with Crippen molar-refractivity contribution < 1.29 is 4.79 Å². The standard InChI is InChI=1S/C8H13N3OS/c1-5-3-10-7(13-5)4-11-8(12)6(2)9/h3,6H,4,9H2,1-2H3,(H,11,12)/t6-/m0/s1. The summed E-state index contributed by atoms with van der Waals surface area (Å²) in [5, 5.41) is 3.60. The molecule has 0 aliphatic heterocycles.